The lowest BCUT2D eigenvalue weighted by Gasteiger charge is -2.20. The van der Waals surface area contributed by atoms with Crippen LogP contribution >= 0.6 is 0 Å². The van der Waals surface area contributed by atoms with E-state index in [4.69, 9.17) is 9.15 Å². The number of hydrogen-bond acceptors (Lipinski definition) is 9. The first-order valence-electron chi connectivity index (χ1n) is 14.6. The monoisotopic (exact) mass is 700 g/mol. The van der Waals surface area contributed by atoms with Gasteiger partial charge < -0.3 is 13.3 Å². The van der Waals surface area contributed by atoms with E-state index >= 15 is 0 Å². The van der Waals surface area contributed by atoms with Crippen molar-refractivity contribution in [2.75, 3.05) is 0 Å². The number of aryl methyl sites for hydroxylation is 3. The Morgan fingerprint density at radius 3 is 2.27 bits per heavy atom. The third kappa shape index (κ3) is 5.85. The minimum absolute atomic E-state index is 0.108. The maximum atomic E-state index is 14.4. The van der Waals surface area contributed by atoms with Gasteiger partial charge >= 0.3 is 10.1 Å². The molecule has 0 spiro atoms. The highest BCUT2D eigenvalue weighted by molar-refractivity contribution is 7.87. The summed E-state index contributed by atoms with van der Waals surface area (Å²) in [7, 11) is -3.64. The highest BCUT2D eigenvalue weighted by atomic mass is 32.2. The summed E-state index contributed by atoms with van der Waals surface area (Å²) in [6.07, 6.45) is 0.819. The summed E-state index contributed by atoms with van der Waals surface area (Å²) in [6.45, 7) is 6.47. The summed E-state index contributed by atoms with van der Waals surface area (Å²) < 4.78 is 115. The van der Waals surface area contributed by atoms with Crippen LogP contribution in [0.15, 0.2) is 56.8 Å². The van der Waals surface area contributed by atoms with E-state index in [0.29, 0.717) is 27.9 Å². The summed E-state index contributed by atoms with van der Waals surface area (Å²) in [4.78, 5) is 22.2. The standard InChI is InChI=1S/C33H25F5N4O6S/c1-6-17-7-10-23(33(39-17)49(44,45)48-32-27(37)25(35)24(34)26(36)28(32)38)46-16(4)18-11-14(2)12-19-29(43)15(3)30(47-31(18)19)21-9-8-20-22(40-21)13-42(5)41-20/h7-13,16H,6H2,1-5H3/t16-/m1/s1. The predicted octanol–water partition coefficient (Wildman–Crippen LogP) is 6.92. The Morgan fingerprint density at radius 1 is 0.918 bits per heavy atom. The highest BCUT2D eigenvalue weighted by Crippen LogP contribution is 2.36. The van der Waals surface area contributed by atoms with Crippen molar-refractivity contribution >= 4 is 32.1 Å². The van der Waals surface area contributed by atoms with E-state index in [1.807, 2.05) is 0 Å². The van der Waals surface area contributed by atoms with Gasteiger partial charge in [-0.15, -0.1) is 0 Å². The van der Waals surface area contributed by atoms with Gasteiger partial charge in [0.2, 0.25) is 39.9 Å². The summed E-state index contributed by atoms with van der Waals surface area (Å²) in [5, 5.41) is 3.52. The molecule has 0 fully saturated rings. The van der Waals surface area contributed by atoms with Gasteiger partial charge in [0, 0.05) is 23.9 Å². The SMILES string of the molecule is CCc1ccc(O[C@H](C)c2cc(C)cc3c(=O)c(C)c(-c4ccc5nn(C)cc5n4)oc23)c(S(=O)(=O)Oc2c(F)c(F)c(F)c(F)c2F)n1. The summed E-state index contributed by atoms with van der Waals surface area (Å²) in [5.74, 6) is -14.6. The quantitative estimate of drug-likeness (QED) is 0.0720. The van der Waals surface area contributed by atoms with Crippen LogP contribution in [0.3, 0.4) is 0 Å². The molecule has 0 amide bonds. The number of ether oxygens (including phenoxy) is 1. The Balaban J connectivity index is 1.45. The fraction of sp³-hybridized carbons (Fsp3) is 0.212. The molecule has 0 aliphatic carbocycles. The molecule has 4 aromatic heterocycles. The van der Waals surface area contributed by atoms with Gasteiger partial charge in [0.25, 0.3) is 0 Å². The second-order valence-corrected chi connectivity index (χ2v) is 12.6. The van der Waals surface area contributed by atoms with Gasteiger partial charge in [-0.2, -0.15) is 22.3 Å². The number of aromatic nitrogens is 4. The largest absolute Gasteiger partial charge is 0.483 e. The van der Waals surface area contributed by atoms with Crippen LogP contribution in [0.25, 0.3) is 33.5 Å². The Morgan fingerprint density at radius 2 is 1.59 bits per heavy atom. The number of benzene rings is 2. The average Bonchev–Trinajstić information content (AvgIpc) is 3.45. The van der Waals surface area contributed by atoms with E-state index in [0.717, 1.165) is 0 Å². The molecule has 10 nitrogen and oxygen atoms in total. The number of fused-ring (bicyclic) bond motifs is 2. The molecule has 2 aromatic carbocycles. The van der Waals surface area contributed by atoms with Crippen molar-refractivity contribution in [2.45, 2.75) is 45.2 Å². The molecule has 0 radical (unpaired) electrons. The van der Waals surface area contributed by atoms with Crippen molar-refractivity contribution in [2.24, 2.45) is 7.05 Å². The zero-order chi connectivity index (χ0) is 35.5. The van der Waals surface area contributed by atoms with Crippen molar-refractivity contribution in [3.8, 4) is 23.0 Å². The fourth-order valence-corrected chi connectivity index (χ4v) is 6.29. The fourth-order valence-electron chi connectivity index (χ4n) is 5.26. The molecule has 16 heteroatoms. The normalized spacial score (nSPS) is 12.5. The van der Waals surface area contributed by atoms with E-state index in [1.165, 1.54) is 19.1 Å². The van der Waals surface area contributed by atoms with Crippen molar-refractivity contribution in [1.82, 2.24) is 19.7 Å². The summed E-state index contributed by atoms with van der Waals surface area (Å²) in [6, 6.07) is 9.27. The Bertz CT molecular complexity index is 2470. The smallest absolute Gasteiger partial charge is 0.360 e. The summed E-state index contributed by atoms with van der Waals surface area (Å²) in [5.41, 5.74) is 2.70. The lowest BCUT2D eigenvalue weighted by molar-refractivity contribution is 0.218. The third-order valence-corrected chi connectivity index (χ3v) is 8.84. The van der Waals surface area contributed by atoms with E-state index in [2.05, 4.69) is 19.2 Å². The van der Waals surface area contributed by atoms with Crippen LogP contribution in [-0.4, -0.2) is 28.2 Å². The molecular weight excluding hydrogens is 675 g/mol. The maximum absolute atomic E-state index is 14.4. The van der Waals surface area contributed by atoms with Gasteiger partial charge in [-0.25, -0.2) is 23.1 Å². The van der Waals surface area contributed by atoms with Crippen molar-refractivity contribution < 1.29 is 43.7 Å². The van der Waals surface area contributed by atoms with Crippen molar-refractivity contribution in [1.29, 1.82) is 0 Å². The molecule has 0 aliphatic heterocycles. The topological polar surface area (TPSA) is 126 Å². The molecular formula is C33H25F5N4O6S. The molecule has 0 unspecified atom stereocenters. The zero-order valence-corrected chi connectivity index (χ0v) is 27.2. The van der Waals surface area contributed by atoms with Crippen LogP contribution in [0.1, 0.15) is 42.3 Å². The summed E-state index contributed by atoms with van der Waals surface area (Å²) >= 11 is 0. The number of nitrogens with zero attached hydrogens (tertiary/aromatic N) is 4. The molecule has 0 aliphatic rings. The van der Waals surface area contributed by atoms with Gasteiger partial charge in [-0.1, -0.05) is 6.92 Å². The van der Waals surface area contributed by atoms with Crippen LogP contribution in [0, 0.1) is 42.9 Å². The van der Waals surface area contributed by atoms with Gasteiger partial charge in [0.05, 0.1) is 11.6 Å². The molecule has 1 atom stereocenters. The minimum atomic E-state index is -5.38. The Kier molecular flexibility index (Phi) is 8.38. The van der Waals surface area contributed by atoms with Crippen LogP contribution in [0.5, 0.6) is 11.5 Å². The molecule has 0 saturated heterocycles. The molecule has 0 saturated carbocycles. The van der Waals surface area contributed by atoms with E-state index in [1.54, 1.807) is 63.0 Å². The van der Waals surface area contributed by atoms with E-state index in [9.17, 15) is 35.2 Å². The highest BCUT2D eigenvalue weighted by Gasteiger charge is 2.34. The van der Waals surface area contributed by atoms with Crippen LogP contribution in [0.2, 0.25) is 0 Å². The first-order chi connectivity index (χ1) is 23.1. The minimum Gasteiger partial charge on any atom is -0.483 e. The molecule has 0 N–H and O–H groups in total. The Hall–Kier alpha value is -5.38. The van der Waals surface area contributed by atoms with Crippen molar-refractivity contribution in [3.05, 3.63) is 104 Å². The predicted molar refractivity (Wildman–Crippen MR) is 166 cm³/mol. The van der Waals surface area contributed by atoms with Crippen LogP contribution in [0.4, 0.5) is 22.0 Å². The van der Waals surface area contributed by atoms with Crippen LogP contribution < -0.4 is 14.3 Å². The van der Waals surface area contributed by atoms with Crippen molar-refractivity contribution in [3.63, 3.8) is 0 Å². The molecule has 49 heavy (non-hydrogen) atoms. The molecule has 0 bridgehead atoms. The lowest BCUT2D eigenvalue weighted by Crippen LogP contribution is -2.18. The first kappa shape index (κ1) is 33.5. The average molecular weight is 701 g/mol. The molecule has 6 rings (SSSR count). The number of rotatable bonds is 8. The second kappa shape index (κ2) is 12.3. The number of pyridine rings is 2. The van der Waals surface area contributed by atoms with Gasteiger partial charge in [-0.3, -0.25) is 9.48 Å². The van der Waals surface area contributed by atoms with Gasteiger partial charge in [-0.05, 0) is 69.2 Å². The Labute approximate surface area is 274 Å². The second-order valence-electron chi connectivity index (χ2n) is 11.2. The maximum Gasteiger partial charge on any atom is 0.360 e. The lowest BCUT2D eigenvalue weighted by atomic mass is 10.0. The van der Waals surface area contributed by atoms with Gasteiger partial charge in [0.1, 0.15) is 28.4 Å². The van der Waals surface area contributed by atoms with E-state index in [-0.39, 0.29) is 39.8 Å². The molecule has 4 heterocycles. The van der Waals surface area contributed by atoms with Crippen LogP contribution in [-0.2, 0) is 23.6 Å². The number of halogens is 5. The van der Waals surface area contributed by atoms with Gasteiger partial charge in [0.15, 0.2) is 16.9 Å². The number of hydrogen-bond donors (Lipinski definition) is 0. The molecule has 254 valence electrons. The van der Waals surface area contributed by atoms with E-state index < -0.39 is 61.8 Å². The zero-order valence-electron chi connectivity index (χ0n) is 26.4. The molecule has 6 aromatic rings. The third-order valence-electron chi connectivity index (χ3n) is 7.69. The first-order valence-corrected chi connectivity index (χ1v) is 16.0.